The lowest BCUT2D eigenvalue weighted by atomic mass is 9.87. The van der Waals surface area contributed by atoms with Gasteiger partial charge in [0, 0.05) is 37.3 Å². The van der Waals surface area contributed by atoms with Crippen LogP contribution in [0.3, 0.4) is 0 Å². The van der Waals surface area contributed by atoms with Crippen molar-refractivity contribution in [1.29, 1.82) is 0 Å². The first-order valence-corrected chi connectivity index (χ1v) is 9.20. The van der Waals surface area contributed by atoms with Crippen LogP contribution >= 0.6 is 0 Å². The molecule has 0 saturated carbocycles. The van der Waals surface area contributed by atoms with Gasteiger partial charge >= 0.3 is 0 Å². The highest BCUT2D eigenvalue weighted by Crippen LogP contribution is 2.46. The number of rotatable bonds is 5. The van der Waals surface area contributed by atoms with Crippen LogP contribution in [0.1, 0.15) is 17.2 Å². The Bertz CT molecular complexity index is 752. The Morgan fingerprint density at radius 1 is 1.08 bits per heavy atom. The average Bonchev–Trinajstić information content (AvgIpc) is 3.21. The Morgan fingerprint density at radius 2 is 1.85 bits per heavy atom. The molecule has 0 aliphatic carbocycles. The van der Waals surface area contributed by atoms with E-state index in [0.29, 0.717) is 17.6 Å². The van der Waals surface area contributed by atoms with Gasteiger partial charge in [0.05, 0.1) is 13.7 Å². The van der Waals surface area contributed by atoms with Gasteiger partial charge in [0.15, 0.2) is 11.5 Å². The van der Waals surface area contributed by atoms with Crippen LogP contribution in [0.25, 0.3) is 0 Å². The van der Waals surface area contributed by atoms with Gasteiger partial charge in [-0.15, -0.1) is 0 Å². The lowest BCUT2D eigenvalue weighted by molar-refractivity contribution is 0.211. The average molecular weight is 354 g/mol. The van der Waals surface area contributed by atoms with Crippen LogP contribution in [0.15, 0.2) is 48.5 Å². The maximum Gasteiger partial charge on any atom is 0.162 e. The summed E-state index contributed by atoms with van der Waals surface area (Å²) >= 11 is 0. The zero-order valence-corrected chi connectivity index (χ0v) is 15.0. The van der Waals surface area contributed by atoms with Crippen molar-refractivity contribution < 1.29 is 14.9 Å². The number of hydrogen-bond acceptors (Lipinski definition) is 5. The minimum atomic E-state index is 0.0213. The number of aliphatic hydroxyl groups excluding tert-OH is 1. The number of ether oxygens (including phenoxy) is 1. The van der Waals surface area contributed by atoms with Crippen LogP contribution in [-0.4, -0.2) is 48.0 Å². The van der Waals surface area contributed by atoms with Gasteiger partial charge in [0.2, 0.25) is 0 Å². The zero-order valence-electron chi connectivity index (χ0n) is 15.0. The number of likely N-dealkylation sites (tertiary alicyclic amines) is 1. The minimum absolute atomic E-state index is 0.0213. The summed E-state index contributed by atoms with van der Waals surface area (Å²) in [5.74, 6) is 1.42. The zero-order chi connectivity index (χ0) is 18.1. The summed E-state index contributed by atoms with van der Waals surface area (Å²) in [7, 11) is 1.57. The molecule has 0 aromatic heterocycles. The van der Waals surface area contributed by atoms with Crippen molar-refractivity contribution in [2.75, 3.05) is 26.8 Å². The predicted octanol–water partition coefficient (Wildman–Crippen LogP) is 2.15. The van der Waals surface area contributed by atoms with E-state index < -0.39 is 0 Å². The van der Waals surface area contributed by atoms with Gasteiger partial charge in [-0.05, 0) is 23.5 Å². The van der Waals surface area contributed by atoms with E-state index in [1.165, 1.54) is 5.56 Å². The van der Waals surface area contributed by atoms with Gasteiger partial charge in [0.1, 0.15) is 0 Å². The van der Waals surface area contributed by atoms with E-state index in [-0.39, 0.29) is 24.4 Å². The number of phenolic OH excluding ortho intramolecular Hbond substituents is 1. The van der Waals surface area contributed by atoms with E-state index in [2.05, 4.69) is 34.5 Å². The van der Waals surface area contributed by atoms with Crippen LogP contribution in [0.2, 0.25) is 0 Å². The van der Waals surface area contributed by atoms with Crippen molar-refractivity contribution in [3.8, 4) is 11.5 Å². The number of methoxy groups -OCH3 is 1. The monoisotopic (exact) mass is 354 g/mol. The fourth-order valence-corrected chi connectivity index (χ4v) is 4.63. The Morgan fingerprint density at radius 3 is 2.58 bits per heavy atom. The van der Waals surface area contributed by atoms with E-state index in [1.54, 1.807) is 13.2 Å². The van der Waals surface area contributed by atoms with Crippen LogP contribution in [-0.2, 0) is 6.54 Å². The second kappa shape index (κ2) is 7.27. The molecule has 5 heteroatoms. The number of aromatic hydroxyl groups is 1. The van der Waals surface area contributed by atoms with Crippen LogP contribution in [0.4, 0.5) is 0 Å². The number of aliphatic hydroxyl groups is 1. The molecule has 138 valence electrons. The Balaban J connectivity index is 1.57. The normalized spacial score (nSPS) is 28.2. The second-order valence-electron chi connectivity index (χ2n) is 7.34. The van der Waals surface area contributed by atoms with Crippen LogP contribution in [0.5, 0.6) is 11.5 Å². The van der Waals surface area contributed by atoms with Gasteiger partial charge in [-0.25, -0.2) is 0 Å². The van der Waals surface area contributed by atoms with E-state index in [4.69, 9.17) is 4.74 Å². The van der Waals surface area contributed by atoms with Crippen molar-refractivity contribution in [2.45, 2.75) is 18.6 Å². The summed E-state index contributed by atoms with van der Waals surface area (Å²) in [6.45, 7) is 2.94. The number of nitrogens with zero attached hydrogens (tertiary/aromatic N) is 1. The van der Waals surface area contributed by atoms with Crippen LogP contribution < -0.4 is 10.1 Å². The maximum atomic E-state index is 10.6. The summed E-state index contributed by atoms with van der Waals surface area (Å²) in [6, 6.07) is 16.2. The summed E-state index contributed by atoms with van der Waals surface area (Å²) in [4.78, 5) is 2.46. The first kappa shape index (κ1) is 17.3. The highest BCUT2D eigenvalue weighted by molar-refractivity contribution is 5.47. The summed E-state index contributed by atoms with van der Waals surface area (Å²) < 4.78 is 5.27. The van der Waals surface area contributed by atoms with E-state index in [9.17, 15) is 10.2 Å². The summed E-state index contributed by atoms with van der Waals surface area (Å²) in [5.41, 5.74) is 2.17. The number of phenols is 1. The topological polar surface area (TPSA) is 65.0 Å². The standard InChI is InChI=1S/C21H26N2O3/c1-26-19-9-5-8-15(21(19)25)20-17-12-23(10-14-6-3-2-4-7-14)11-16(17)18(13-24)22-20/h2-9,16-18,20,22,24-25H,10-13H2,1H3/t16-,17+,18-,20+/m1/s1. The predicted molar refractivity (Wildman–Crippen MR) is 100 cm³/mol. The third-order valence-electron chi connectivity index (χ3n) is 5.86. The lowest BCUT2D eigenvalue weighted by Crippen LogP contribution is -2.36. The SMILES string of the molecule is COc1cccc([C@@H]2N[C@H](CO)[C@@H]3CN(Cc4ccccc4)C[C@@H]32)c1O. The fourth-order valence-electron chi connectivity index (χ4n) is 4.63. The third-order valence-corrected chi connectivity index (χ3v) is 5.86. The van der Waals surface area contributed by atoms with Crippen molar-refractivity contribution >= 4 is 0 Å². The Kier molecular flexibility index (Phi) is 4.85. The molecule has 26 heavy (non-hydrogen) atoms. The molecule has 2 saturated heterocycles. The van der Waals surface area contributed by atoms with E-state index >= 15 is 0 Å². The van der Waals surface area contributed by atoms with Crippen molar-refractivity contribution in [1.82, 2.24) is 10.2 Å². The molecule has 0 radical (unpaired) electrons. The Hall–Kier alpha value is -2.08. The van der Waals surface area contributed by atoms with E-state index in [1.807, 2.05) is 18.2 Å². The quantitative estimate of drug-likeness (QED) is 0.768. The van der Waals surface area contributed by atoms with Gasteiger partial charge in [-0.1, -0.05) is 42.5 Å². The molecule has 3 N–H and O–H groups in total. The van der Waals surface area contributed by atoms with Crippen molar-refractivity contribution in [3.05, 3.63) is 59.7 Å². The van der Waals surface area contributed by atoms with Gasteiger partial charge in [0.25, 0.3) is 0 Å². The first-order valence-electron chi connectivity index (χ1n) is 9.20. The largest absolute Gasteiger partial charge is 0.504 e. The highest BCUT2D eigenvalue weighted by Gasteiger charge is 2.48. The second-order valence-corrected chi connectivity index (χ2v) is 7.34. The summed E-state index contributed by atoms with van der Waals surface area (Å²) in [6.07, 6.45) is 0. The van der Waals surface area contributed by atoms with Crippen molar-refractivity contribution in [2.24, 2.45) is 11.8 Å². The van der Waals surface area contributed by atoms with Crippen LogP contribution in [0, 0.1) is 11.8 Å². The lowest BCUT2D eigenvalue weighted by Gasteiger charge is -2.24. The molecule has 2 aliphatic heterocycles. The number of benzene rings is 2. The number of para-hydroxylation sites is 1. The number of fused-ring (bicyclic) bond motifs is 1. The molecule has 0 bridgehead atoms. The molecule has 2 aliphatic rings. The molecule has 5 nitrogen and oxygen atoms in total. The van der Waals surface area contributed by atoms with Gasteiger partial charge < -0.3 is 20.3 Å². The molecule has 2 heterocycles. The first-order chi connectivity index (χ1) is 12.7. The molecule has 0 spiro atoms. The van der Waals surface area contributed by atoms with Gasteiger partial charge in [-0.3, -0.25) is 4.90 Å². The van der Waals surface area contributed by atoms with Gasteiger partial charge in [-0.2, -0.15) is 0 Å². The van der Waals surface area contributed by atoms with Crippen molar-refractivity contribution in [3.63, 3.8) is 0 Å². The molecule has 4 atom stereocenters. The third kappa shape index (κ3) is 3.07. The molecule has 2 aromatic rings. The molecule has 0 amide bonds. The molecule has 2 fully saturated rings. The highest BCUT2D eigenvalue weighted by atomic mass is 16.5. The van der Waals surface area contributed by atoms with E-state index in [0.717, 1.165) is 25.2 Å². The molecular weight excluding hydrogens is 328 g/mol. The number of hydrogen-bond donors (Lipinski definition) is 3. The summed E-state index contributed by atoms with van der Waals surface area (Å²) in [5, 5.41) is 24.0. The smallest absolute Gasteiger partial charge is 0.162 e. The molecule has 2 aromatic carbocycles. The maximum absolute atomic E-state index is 10.6. The molecule has 4 rings (SSSR count). The Labute approximate surface area is 154 Å². The molecular formula is C21H26N2O3. The fraction of sp³-hybridized carbons (Fsp3) is 0.429. The minimum Gasteiger partial charge on any atom is -0.504 e. The molecule has 0 unspecified atom stereocenters. The number of nitrogens with one attached hydrogen (secondary N) is 1.